The van der Waals surface area contributed by atoms with Crippen LogP contribution in [0.3, 0.4) is 0 Å². The van der Waals surface area contributed by atoms with Gasteiger partial charge in [0.05, 0.1) is 4.48 Å². The maximum Gasteiger partial charge on any atom is 0.139 e. The van der Waals surface area contributed by atoms with Crippen LogP contribution in [0.1, 0.15) is 6.42 Å². The fourth-order valence-electron chi connectivity index (χ4n) is 0.725. The topological polar surface area (TPSA) is 20.2 Å². The predicted octanol–water partition coefficient (Wildman–Crippen LogP) is 4.32. The van der Waals surface area contributed by atoms with E-state index in [0.717, 1.165) is 4.48 Å². The molecule has 1 aliphatic carbocycles. The molecule has 5 heteroatoms. The lowest BCUT2D eigenvalue weighted by Gasteiger charge is -2.21. The Bertz CT molecular complexity index is 241. The molecule has 0 aromatic rings. The fraction of sp³-hybridized carbons (Fsp3) is 0.333. The molecule has 0 spiro atoms. The molecule has 1 aliphatic rings. The summed E-state index contributed by atoms with van der Waals surface area (Å²) < 4.78 is 1.22. The van der Waals surface area contributed by atoms with E-state index in [1.165, 1.54) is 0 Å². The van der Waals surface area contributed by atoms with Gasteiger partial charge >= 0.3 is 0 Å². The summed E-state index contributed by atoms with van der Waals surface area (Å²) in [5.74, 6) is 0.263. The Morgan fingerprint density at radius 3 is 2.36 bits per heavy atom. The van der Waals surface area contributed by atoms with Gasteiger partial charge in [-0.05, 0) is 22.0 Å². The zero-order chi connectivity index (χ0) is 8.65. The van der Waals surface area contributed by atoms with E-state index < -0.39 is 0 Å². The number of allylic oxidation sites excluding steroid dienone is 3. The minimum atomic E-state index is -0.246. The van der Waals surface area contributed by atoms with Crippen molar-refractivity contribution >= 4 is 63.7 Å². The highest BCUT2D eigenvalue weighted by atomic mass is 79.9. The molecule has 1 N–H and O–H groups in total. The van der Waals surface area contributed by atoms with Gasteiger partial charge in [-0.15, -0.1) is 0 Å². The van der Waals surface area contributed by atoms with Gasteiger partial charge in [-0.1, -0.05) is 47.8 Å². The monoisotopic (exact) mass is 408 g/mol. The standard InChI is InChI=1S/C6H4Br4O/c7-3-1-6(9,10)2-4(8)5(3)11/h1,11H,2H2. The van der Waals surface area contributed by atoms with Gasteiger partial charge in [0.25, 0.3) is 0 Å². The minimum absolute atomic E-state index is 0.246. The Morgan fingerprint density at radius 1 is 1.36 bits per heavy atom. The van der Waals surface area contributed by atoms with E-state index in [1.807, 2.05) is 6.08 Å². The summed E-state index contributed by atoms with van der Waals surface area (Å²) in [6, 6.07) is 0. The number of hydrogen-bond acceptors (Lipinski definition) is 1. The van der Waals surface area contributed by atoms with Crippen molar-refractivity contribution in [3.05, 3.63) is 20.8 Å². The normalized spacial score (nSPS) is 23.5. The van der Waals surface area contributed by atoms with Crippen molar-refractivity contribution in [3.8, 4) is 0 Å². The average Bonchev–Trinajstić information content (AvgIpc) is 1.81. The van der Waals surface area contributed by atoms with E-state index in [2.05, 4.69) is 63.7 Å². The second-order valence-electron chi connectivity index (χ2n) is 2.18. The van der Waals surface area contributed by atoms with Gasteiger partial charge in [-0.25, -0.2) is 0 Å². The molecule has 0 radical (unpaired) electrons. The molecule has 1 nitrogen and oxygen atoms in total. The van der Waals surface area contributed by atoms with Crippen LogP contribution in [0.5, 0.6) is 0 Å². The Kier molecular flexibility index (Phi) is 3.29. The zero-order valence-electron chi connectivity index (χ0n) is 5.24. The molecule has 0 fully saturated rings. The highest BCUT2D eigenvalue weighted by Gasteiger charge is 2.28. The lowest BCUT2D eigenvalue weighted by atomic mass is 10.2. The second-order valence-corrected chi connectivity index (χ2v) is 7.89. The average molecular weight is 412 g/mol. The van der Waals surface area contributed by atoms with Crippen molar-refractivity contribution in [2.24, 2.45) is 0 Å². The summed E-state index contributed by atoms with van der Waals surface area (Å²) in [4.78, 5) is 0. The smallest absolute Gasteiger partial charge is 0.139 e. The van der Waals surface area contributed by atoms with Crippen LogP contribution in [0, 0.1) is 0 Å². The first-order valence-corrected chi connectivity index (χ1v) is 5.94. The van der Waals surface area contributed by atoms with Crippen LogP contribution in [0.25, 0.3) is 0 Å². The number of hydrogen-bond donors (Lipinski definition) is 1. The lowest BCUT2D eigenvalue weighted by Crippen LogP contribution is -2.12. The van der Waals surface area contributed by atoms with Gasteiger partial charge in [-0.3, -0.25) is 0 Å². The van der Waals surface area contributed by atoms with Gasteiger partial charge in [0.1, 0.15) is 8.99 Å². The van der Waals surface area contributed by atoms with E-state index in [4.69, 9.17) is 0 Å². The molecule has 0 aromatic heterocycles. The lowest BCUT2D eigenvalue weighted by molar-refractivity contribution is 0.423. The van der Waals surface area contributed by atoms with E-state index in [9.17, 15) is 5.11 Å². The molecule has 0 heterocycles. The third-order valence-corrected chi connectivity index (χ3v) is 3.49. The van der Waals surface area contributed by atoms with Crippen molar-refractivity contribution in [2.45, 2.75) is 9.65 Å². The largest absolute Gasteiger partial charge is 0.506 e. The van der Waals surface area contributed by atoms with Crippen LogP contribution < -0.4 is 0 Å². The number of aliphatic hydroxyl groups excluding tert-OH is 1. The Morgan fingerprint density at radius 2 is 1.91 bits per heavy atom. The molecule has 0 atom stereocenters. The van der Waals surface area contributed by atoms with Crippen molar-refractivity contribution in [1.82, 2.24) is 0 Å². The first-order chi connectivity index (χ1) is 4.92. The summed E-state index contributed by atoms with van der Waals surface area (Å²) in [6.07, 6.45) is 2.54. The molecule has 0 saturated heterocycles. The zero-order valence-corrected chi connectivity index (χ0v) is 11.6. The number of rotatable bonds is 0. The van der Waals surface area contributed by atoms with Gasteiger partial charge in [0, 0.05) is 10.9 Å². The molecule has 0 aliphatic heterocycles. The summed E-state index contributed by atoms with van der Waals surface area (Å²) in [6.45, 7) is 0. The molecule has 62 valence electrons. The third kappa shape index (κ3) is 2.57. The van der Waals surface area contributed by atoms with E-state index in [-0.39, 0.29) is 8.99 Å². The van der Waals surface area contributed by atoms with E-state index >= 15 is 0 Å². The Hall–Kier alpha value is 1.20. The van der Waals surface area contributed by atoms with E-state index in [1.54, 1.807) is 0 Å². The molecule has 0 unspecified atom stereocenters. The fourth-order valence-corrected chi connectivity index (χ4v) is 4.66. The number of halogens is 4. The number of alkyl halides is 2. The first kappa shape index (κ1) is 10.3. The molecule has 0 aromatic carbocycles. The molecular formula is C6H4Br4O. The highest BCUT2D eigenvalue weighted by Crippen LogP contribution is 2.44. The SMILES string of the molecule is OC1=C(Br)CC(Br)(Br)C=C1Br. The van der Waals surface area contributed by atoms with Crippen molar-refractivity contribution in [3.63, 3.8) is 0 Å². The second kappa shape index (κ2) is 3.52. The van der Waals surface area contributed by atoms with Crippen LogP contribution >= 0.6 is 63.7 Å². The summed E-state index contributed by atoms with van der Waals surface area (Å²) in [5, 5.41) is 9.35. The van der Waals surface area contributed by atoms with Crippen molar-refractivity contribution < 1.29 is 5.11 Å². The van der Waals surface area contributed by atoms with Crippen LogP contribution in [0.2, 0.25) is 0 Å². The van der Waals surface area contributed by atoms with Gasteiger partial charge in [-0.2, -0.15) is 0 Å². The minimum Gasteiger partial charge on any atom is -0.506 e. The number of aliphatic hydroxyl groups is 1. The summed E-state index contributed by atoms with van der Waals surface area (Å²) in [7, 11) is 0. The van der Waals surface area contributed by atoms with E-state index in [0.29, 0.717) is 10.9 Å². The quantitative estimate of drug-likeness (QED) is 0.589. The first-order valence-electron chi connectivity index (χ1n) is 2.76. The van der Waals surface area contributed by atoms with Crippen molar-refractivity contribution in [2.75, 3.05) is 0 Å². The molecule has 0 saturated carbocycles. The van der Waals surface area contributed by atoms with Crippen LogP contribution in [0.15, 0.2) is 20.8 Å². The van der Waals surface area contributed by atoms with Gasteiger partial charge in [0.15, 0.2) is 0 Å². The Balaban J connectivity index is 3.01. The van der Waals surface area contributed by atoms with Crippen molar-refractivity contribution in [1.29, 1.82) is 0 Å². The maximum absolute atomic E-state index is 9.35. The molecular weight excluding hydrogens is 408 g/mol. The van der Waals surface area contributed by atoms with Crippen LogP contribution in [-0.4, -0.2) is 8.34 Å². The van der Waals surface area contributed by atoms with Gasteiger partial charge < -0.3 is 5.11 Å². The molecule has 11 heavy (non-hydrogen) atoms. The Labute approximate surface area is 98.4 Å². The molecule has 1 rings (SSSR count). The molecule has 0 bridgehead atoms. The van der Waals surface area contributed by atoms with Gasteiger partial charge in [0.2, 0.25) is 0 Å². The maximum atomic E-state index is 9.35. The summed E-state index contributed by atoms with van der Waals surface area (Å²) in [5.41, 5.74) is 0. The van der Waals surface area contributed by atoms with Crippen LogP contribution in [-0.2, 0) is 0 Å². The highest BCUT2D eigenvalue weighted by molar-refractivity contribution is 9.25. The predicted molar refractivity (Wildman–Crippen MR) is 60.8 cm³/mol. The third-order valence-electron chi connectivity index (χ3n) is 1.21. The summed E-state index contributed by atoms with van der Waals surface area (Å²) >= 11 is 13.4. The van der Waals surface area contributed by atoms with Crippen LogP contribution in [0.4, 0.5) is 0 Å². The molecule has 0 amide bonds.